The van der Waals surface area contributed by atoms with Crippen LogP contribution in [0.25, 0.3) is 0 Å². The van der Waals surface area contributed by atoms with Crippen molar-refractivity contribution in [2.75, 3.05) is 12.8 Å². The molecule has 2 aromatic rings. The molecule has 1 heterocycles. The van der Waals surface area contributed by atoms with Gasteiger partial charge in [0.2, 0.25) is 25.8 Å². The van der Waals surface area contributed by atoms with Gasteiger partial charge in [-0.25, -0.2) is 21.6 Å². The summed E-state index contributed by atoms with van der Waals surface area (Å²) in [5, 5.41) is 6.49. The third-order valence-electron chi connectivity index (χ3n) is 2.90. The molecule has 0 bridgehead atoms. The standard InChI is InChI=1S/C13H17N3O5S2/c1-10-3-5-11(6-4-10)9-23(19,20)14-8-7-12-15-16-13(21-12)22(2,17)18/h3-6,14H,7-9H2,1-2H3. The van der Waals surface area contributed by atoms with Crippen molar-refractivity contribution in [1.29, 1.82) is 0 Å². The van der Waals surface area contributed by atoms with Gasteiger partial charge in [0.1, 0.15) is 0 Å². The maximum Gasteiger partial charge on any atom is 0.335 e. The van der Waals surface area contributed by atoms with Gasteiger partial charge in [-0.15, -0.1) is 5.10 Å². The first-order valence-corrected chi connectivity index (χ1v) is 10.3. The van der Waals surface area contributed by atoms with E-state index in [1.54, 1.807) is 12.1 Å². The van der Waals surface area contributed by atoms with Crippen molar-refractivity contribution in [3.8, 4) is 0 Å². The second-order valence-electron chi connectivity index (χ2n) is 5.12. The third-order valence-corrected chi connectivity index (χ3v) is 5.06. The van der Waals surface area contributed by atoms with Crippen LogP contribution < -0.4 is 4.72 Å². The van der Waals surface area contributed by atoms with E-state index in [-0.39, 0.29) is 24.6 Å². The number of rotatable bonds is 7. The number of aryl methyl sites for hydroxylation is 1. The summed E-state index contributed by atoms with van der Waals surface area (Å²) < 4.78 is 53.7. The Kier molecular flexibility index (Phi) is 5.17. The van der Waals surface area contributed by atoms with Gasteiger partial charge < -0.3 is 4.42 Å². The van der Waals surface area contributed by atoms with Crippen molar-refractivity contribution in [1.82, 2.24) is 14.9 Å². The van der Waals surface area contributed by atoms with Gasteiger partial charge in [-0.3, -0.25) is 0 Å². The number of nitrogens with one attached hydrogen (secondary N) is 1. The Bertz CT molecular complexity index is 871. The van der Waals surface area contributed by atoms with E-state index in [2.05, 4.69) is 14.9 Å². The molecule has 0 aliphatic rings. The van der Waals surface area contributed by atoms with Crippen LogP contribution in [-0.2, 0) is 32.0 Å². The zero-order valence-electron chi connectivity index (χ0n) is 12.7. The minimum absolute atomic E-state index is 0.0413. The van der Waals surface area contributed by atoms with Gasteiger partial charge in [0.15, 0.2) is 0 Å². The number of sulfonamides is 1. The molecule has 0 fully saturated rings. The Morgan fingerprint density at radius 1 is 1.09 bits per heavy atom. The maximum absolute atomic E-state index is 12.0. The molecule has 0 spiro atoms. The summed E-state index contributed by atoms with van der Waals surface area (Å²) in [7, 11) is -7.06. The average molecular weight is 359 g/mol. The predicted molar refractivity (Wildman–Crippen MR) is 82.9 cm³/mol. The van der Waals surface area contributed by atoms with Gasteiger partial charge in [-0.2, -0.15) is 0 Å². The van der Waals surface area contributed by atoms with Crippen LogP contribution in [0.1, 0.15) is 17.0 Å². The zero-order valence-corrected chi connectivity index (χ0v) is 14.3. The normalized spacial score (nSPS) is 12.4. The van der Waals surface area contributed by atoms with Gasteiger partial charge in [0.05, 0.1) is 5.75 Å². The lowest BCUT2D eigenvalue weighted by molar-refractivity contribution is 0.397. The molecule has 10 heteroatoms. The molecule has 0 radical (unpaired) electrons. The molecular weight excluding hydrogens is 342 g/mol. The highest BCUT2D eigenvalue weighted by Gasteiger charge is 2.17. The van der Waals surface area contributed by atoms with Gasteiger partial charge in [-0.05, 0) is 12.5 Å². The van der Waals surface area contributed by atoms with Crippen LogP contribution in [0, 0.1) is 6.92 Å². The van der Waals surface area contributed by atoms with E-state index >= 15 is 0 Å². The lowest BCUT2D eigenvalue weighted by atomic mass is 10.2. The number of aromatic nitrogens is 2. The first kappa shape index (κ1) is 17.6. The highest BCUT2D eigenvalue weighted by atomic mass is 32.2. The van der Waals surface area contributed by atoms with Crippen molar-refractivity contribution in [3.63, 3.8) is 0 Å². The molecule has 126 valence electrons. The molecule has 1 aromatic heterocycles. The molecule has 0 atom stereocenters. The summed E-state index contributed by atoms with van der Waals surface area (Å²) in [6.45, 7) is 1.96. The van der Waals surface area contributed by atoms with Crippen LogP contribution >= 0.6 is 0 Å². The Labute approximate surface area is 134 Å². The van der Waals surface area contributed by atoms with Crippen LogP contribution in [-0.4, -0.2) is 39.8 Å². The number of benzene rings is 1. The summed E-state index contributed by atoms with van der Waals surface area (Å²) in [4.78, 5) is 0. The van der Waals surface area contributed by atoms with Crippen LogP contribution in [0.4, 0.5) is 0 Å². The number of sulfone groups is 1. The summed E-state index contributed by atoms with van der Waals surface area (Å²) >= 11 is 0. The summed E-state index contributed by atoms with van der Waals surface area (Å²) in [5.41, 5.74) is 1.73. The van der Waals surface area contributed by atoms with E-state index in [0.29, 0.717) is 5.56 Å². The van der Waals surface area contributed by atoms with Crippen molar-refractivity contribution in [3.05, 3.63) is 41.3 Å². The van der Waals surface area contributed by atoms with Gasteiger partial charge in [0.25, 0.3) is 0 Å². The van der Waals surface area contributed by atoms with E-state index in [1.807, 2.05) is 19.1 Å². The van der Waals surface area contributed by atoms with E-state index in [9.17, 15) is 16.8 Å². The minimum Gasteiger partial charge on any atom is -0.412 e. The fraction of sp³-hybridized carbons (Fsp3) is 0.385. The summed E-state index contributed by atoms with van der Waals surface area (Å²) in [6, 6.07) is 7.20. The van der Waals surface area contributed by atoms with Gasteiger partial charge in [-0.1, -0.05) is 34.9 Å². The molecule has 0 aliphatic heterocycles. The predicted octanol–water partition coefficient (Wildman–Crippen LogP) is 0.444. The van der Waals surface area contributed by atoms with E-state index in [1.165, 1.54) is 0 Å². The second kappa shape index (κ2) is 6.77. The second-order valence-corrected chi connectivity index (χ2v) is 8.82. The molecule has 0 unspecified atom stereocenters. The Hall–Kier alpha value is -1.78. The van der Waals surface area contributed by atoms with Crippen molar-refractivity contribution >= 4 is 19.9 Å². The third kappa shape index (κ3) is 5.41. The Morgan fingerprint density at radius 2 is 1.74 bits per heavy atom. The summed E-state index contributed by atoms with van der Waals surface area (Å²) in [5.74, 6) is -0.0745. The molecular formula is C13H17N3O5S2. The number of nitrogens with zero attached hydrogens (tertiary/aromatic N) is 2. The van der Waals surface area contributed by atoms with Crippen LogP contribution in [0.15, 0.2) is 33.9 Å². The quantitative estimate of drug-likeness (QED) is 0.762. The lowest BCUT2D eigenvalue weighted by Gasteiger charge is -2.06. The van der Waals surface area contributed by atoms with Crippen molar-refractivity contribution in [2.45, 2.75) is 24.3 Å². The van der Waals surface area contributed by atoms with Crippen molar-refractivity contribution < 1.29 is 21.3 Å². The average Bonchev–Trinajstić information content (AvgIpc) is 2.90. The first-order chi connectivity index (χ1) is 10.7. The Balaban J connectivity index is 1.89. The minimum atomic E-state index is -3.56. The molecule has 8 nitrogen and oxygen atoms in total. The van der Waals surface area contributed by atoms with Crippen LogP contribution in [0.2, 0.25) is 0 Å². The molecule has 2 rings (SSSR count). The molecule has 0 amide bonds. The van der Waals surface area contributed by atoms with E-state index < -0.39 is 25.1 Å². The molecule has 0 aliphatic carbocycles. The molecule has 23 heavy (non-hydrogen) atoms. The molecule has 1 N–H and O–H groups in total. The van der Waals surface area contributed by atoms with Crippen LogP contribution in [0.3, 0.4) is 0 Å². The zero-order chi connectivity index (χ0) is 17.1. The van der Waals surface area contributed by atoms with E-state index in [0.717, 1.165) is 11.8 Å². The molecule has 1 aromatic carbocycles. The van der Waals surface area contributed by atoms with Gasteiger partial charge in [0, 0.05) is 19.2 Å². The van der Waals surface area contributed by atoms with Gasteiger partial charge >= 0.3 is 5.22 Å². The fourth-order valence-corrected chi connectivity index (χ4v) is 3.34. The smallest absolute Gasteiger partial charge is 0.335 e. The maximum atomic E-state index is 12.0. The fourth-order valence-electron chi connectivity index (χ4n) is 1.76. The monoisotopic (exact) mass is 359 g/mol. The largest absolute Gasteiger partial charge is 0.412 e. The van der Waals surface area contributed by atoms with Crippen LogP contribution in [0.5, 0.6) is 0 Å². The van der Waals surface area contributed by atoms with E-state index in [4.69, 9.17) is 4.42 Å². The Morgan fingerprint density at radius 3 is 2.30 bits per heavy atom. The lowest BCUT2D eigenvalue weighted by Crippen LogP contribution is -2.27. The number of hydrogen-bond acceptors (Lipinski definition) is 7. The molecule has 0 saturated carbocycles. The highest BCUT2D eigenvalue weighted by molar-refractivity contribution is 7.90. The van der Waals surface area contributed by atoms with Crippen molar-refractivity contribution in [2.24, 2.45) is 0 Å². The first-order valence-electron chi connectivity index (χ1n) is 6.71. The highest BCUT2D eigenvalue weighted by Crippen LogP contribution is 2.08. The summed E-state index contributed by atoms with van der Waals surface area (Å²) in [6.07, 6.45) is 1.06. The molecule has 0 saturated heterocycles. The SMILES string of the molecule is Cc1ccc(CS(=O)(=O)NCCc2nnc(S(C)(=O)=O)o2)cc1. The number of hydrogen-bond donors (Lipinski definition) is 1. The topological polar surface area (TPSA) is 119 Å².